The van der Waals surface area contributed by atoms with Crippen LogP contribution >= 0.6 is 12.4 Å². The number of nitrogens with one attached hydrogen (secondary N) is 1. The van der Waals surface area contributed by atoms with Gasteiger partial charge in [0.05, 0.1) is 0 Å². The summed E-state index contributed by atoms with van der Waals surface area (Å²) in [4.78, 5) is 2.04. The highest BCUT2D eigenvalue weighted by atomic mass is 35.5. The lowest BCUT2D eigenvalue weighted by molar-refractivity contribution is 1.13. The fourth-order valence-corrected chi connectivity index (χ4v) is 0.856. The van der Waals surface area contributed by atoms with Gasteiger partial charge >= 0.3 is 0 Å². The van der Waals surface area contributed by atoms with Gasteiger partial charge in [0.1, 0.15) is 0 Å². The summed E-state index contributed by atoms with van der Waals surface area (Å²) in [6, 6.07) is 7.90. The highest BCUT2D eigenvalue weighted by molar-refractivity contribution is 5.85. The molecule has 1 aromatic rings. The van der Waals surface area contributed by atoms with Crippen LogP contribution in [-0.4, -0.2) is 14.1 Å². The molecule has 0 bridgehead atoms. The topological polar surface area (TPSA) is 41.3 Å². The molecule has 0 aromatic heterocycles. The lowest BCUT2D eigenvalue weighted by Crippen LogP contribution is -2.09. The van der Waals surface area contributed by atoms with Crippen molar-refractivity contribution < 1.29 is 0 Å². The standard InChI is InChI=1S/C8H13N3.ClH/c1-11(2)8-5-3-7(10-9)4-6-8;/h3-6,10H,9H2,1-2H3;1H. The fraction of sp³-hybridized carbons (Fsp3) is 0.250. The van der Waals surface area contributed by atoms with Crippen molar-refractivity contribution in [1.82, 2.24) is 0 Å². The van der Waals surface area contributed by atoms with Crippen LogP contribution in [0.3, 0.4) is 0 Å². The lowest BCUT2D eigenvalue weighted by atomic mass is 10.3. The summed E-state index contributed by atoms with van der Waals surface area (Å²) < 4.78 is 0. The first kappa shape index (κ1) is 11.1. The Hall–Kier alpha value is -0.930. The second-order valence-electron chi connectivity index (χ2n) is 2.59. The zero-order valence-electron chi connectivity index (χ0n) is 7.24. The maximum absolute atomic E-state index is 5.21. The number of rotatable bonds is 2. The van der Waals surface area contributed by atoms with E-state index >= 15 is 0 Å². The molecule has 3 N–H and O–H groups in total. The molecule has 68 valence electrons. The van der Waals surface area contributed by atoms with E-state index in [9.17, 15) is 0 Å². The summed E-state index contributed by atoms with van der Waals surface area (Å²) in [5, 5.41) is 0. The van der Waals surface area contributed by atoms with E-state index in [-0.39, 0.29) is 12.4 Å². The molecule has 0 amide bonds. The van der Waals surface area contributed by atoms with Crippen molar-refractivity contribution in [2.75, 3.05) is 24.4 Å². The minimum absolute atomic E-state index is 0. The minimum Gasteiger partial charge on any atom is -0.378 e. The van der Waals surface area contributed by atoms with Crippen LogP contribution in [0.15, 0.2) is 24.3 Å². The van der Waals surface area contributed by atoms with Gasteiger partial charge in [-0.2, -0.15) is 0 Å². The Balaban J connectivity index is 0.00000121. The van der Waals surface area contributed by atoms with Crippen molar-refractivity contribution in [1.29, 1.82) is 0 Å². The maximum atomic E-state index is 5.21. The Labute approximate surface area is 78.9 Å². The van der Waals surface area contributed by atoms with E-state index in [1.54, 1.807) is 0 Å². The SMILES string of the molecule is CN(C)c1ccc(NN)cc1.Cl. The summed E-state index contributed by atoms with van der Waals surface area (Å²) >= 11 is 0. The summed E-state index contributed by atoms with van der Waals surface area (Å²) in [6.07, 6.45) is 0. The molecule has 3 nitrogen and oxygen atoms in total. The number of hydrogen-bond acceptors (Lipinski definition) is 3. The van der Waals surface area contributed by atoms with Crippen LogP contribution < -0.4 is 16.2 Å². The Kier molecular flexibility index (Phi) is 4.47. The molecule has 1 aromatic carbocycles. The van der Waals surface area contributed by atoms with Gasteiger partial charge in [-0.15, -0.1) is 12.4 Å². The predicted octanol–water partition coefficient (Wildman–Crippen LogP) is 1.46. The van der Waals surface area contributed by atoms with Crippen LogP contribution in [0.2, 0.25) is 0 Å². The van der Waals surface area contributed by atoms with Crippen LogP contribution in [0.4, 0.5) is 11.4 Å². The molecule has 0 unspecified atom stereocenters. The molecule has 0 fully saturated rings. The average molecular weight is 188 g/mol. The molecule has 0 aliphatic heterocycles. The molecule has 1 rings (SSSR count). The summed E-state index contributed by atoms with van der Waals surface area (Å²) in [5.41, 5.74) is 4.67. The van der Waals surface area contributed by atoms with Gasteiger partial charge in [0.25, 0.3) is 0 Å². The number of nitrogens with two attached hydrogens (primary N) is 1. The normalized spacial score (nSPS) is 8.58. The van der Waals surface area contributed by atoms with E-state index in [0.717, 1.165) is 5.69 Å². The zero-order valence-corrected chi connectivity index (χ0v) is 8.06. The lowest BCUT2D eigenvalue weighted by Gasteiger charge is -2.12. The Morgan fingerprint density at radius 1 is 1.17 bits per heavy atom. The molecule has 0 saturated carbocycles. The molecule has 0 saturated heterocycles. The largest absolute Gasteiger partial charge is 0.378 e. The number of hydrogen-bond donors (Lipinski definition) is 2. The third-order valence-corrected chi connectivity index (χ3v) is 1.55. The van der Waals surface area contributed by atoms with Crippen LogP contribution in [0.5, 0.6) is 0 Å². The van der Waals surface area contributed by atoms with Crippen molar-refractivity contribution in [2.45, 2.75) is 0 Å². The van der Waals surface area contributed by atoms with E-state index in [0.29, 0.717) is 0 Å². The fourth-order valence-electron chi connectivity index (χ4n) is 0.856. The van der Waals surface area contributed by atoms with Crippen molar-refractivity contribution in [3.8, 4) is 0 Å². The van der Waals surface area contributed by atoms with Gasteiger partial charge in [-0.25, -0.2) is 0 Å². The van der Waals surface area contributed by atoms with Gasteiger partial charge in [0.15, 0.2) is 0 Å². The van der Waals surface area contributed by atoms with Gasteiger partial charge in [0.2, 0.25) is 0 Å². The molecule has 0 aliphatic rings. The number of nitrogens with zero attached hydrogens (tertiary/aromatic N) is 1. The predicted molar refractivity (Wildman–Crippen MR) is 55.8 cm³/mol. The Morgan fingerprint density at radius 3 is 2.00 bits per heavy atom. The molecule has 0 atom stereocenters. The Bertz CT molecular complexity index is 220. The van der Waals surface area contributed by atoms with Crippen LogP contribution in [0, 0.1) is 0 Å². The number of nitrogen functional groups attached to an aromatic ring is 1. The maximum Gasteiger partial charge on any atom is 0.0486 e. The minimum atomic E-state index is 0. The van der Waals surface area contributed by atoms with Crippen molar-refractivity contribution in [3.05, 3.63) is 24.3 Å². The third kappa shape index (κ3) is 2.60. The van der Waals surface area contributed by atoms with Crippen LogP contribution in [0.25, 0.3) is 0 Å². The third-order valence-electron chi connectivity index (χ3n) is 1.55. The first-order valence-corrected chi connectivity index (χ1v) is 3.48. The smallest absolute Gasteiger partial charge is 0.0486 e. The molecule has 4 heteroatoms. The zero-order chi connectivity index (χ0) is 8.27. The first-order chi connectivity index (χ1) is 5.24. The van der Waals surface area contributed by atoms with E-state index in [1.165, 1.54) is 5.69 Å². The first-order valence-electron chi connectivity index (χ1n) is 3.48. The Morgan fingerprint density at radius 2 is 1.67 bits per heavy atom. The summed E-state index contributed by atoms with van der Waals surface area (Å²) in [6.45, 7) is 0. The van der Waals surface area contributed by atoms with Crippen molar-refractivity contribution in [2.24, 2.45) is 5.84 Å². The van der Waals surface area contributed by atoms with E-state index in [2.05, 4.69) is 5.43 Å². The number of anilines is 2. The second-order valence-corrected chi connectivity index (χ2v) is 2.59. The number of hydrazine groups is 1. The number of halogens is 1. The highest BCUT2D eigenvalue weighted by Gasteiger charge is 1.92. The van der Waals surface area contributed by atoms with E-state index in [1.807, 2.05) is 43.3 Å². The summed E-state index contributed by atoms with van der Waals surface area (Å²) in [7, 11) is 4.01. The number of benzene rings is 1. The molecule has 0 radical (unpaired) electrons. The molecular weight excluding hydrogens is 174 g/mol. The molecule has 0 heterocycles. The van der Waals surface area contributed by atoms with E-state index < -0.39 is 0 Å². The monoisotopic (exact) mass is 187 g/mol. The van der Waals surface area contributed by atoms with Crippen molar-refractivity contribution in [3.63, 3.8) is 0 Å². The van der Waals surface area contributed by atoms with Crippen LogP contribution in [-0.2, 0) is 0 Å². The van der Waals surface area contributed by atoms with E-state index in [4.69, 9.17) is 5.84 Å². The van der Waals surface area contributed by atoms with Gasteiger partial charge in [-0.1, -0.05) is 0 Å². The molecule has 0 spiro atoms. The van der Waals surface area contributed by atoms with Gasteiger partial charge in [0, 0.05) is 25.5 Å². The molecular formula is C8H14ClN3. The highest BCUT2D eigenvalue weighted by Crippen LogP contribution is 2.14. The molecule has 12 heavy (non-hydrogen) atoms. The quantitative estimate of drug-likeness (QED) is 0.544. The molecule has 0 aliphatic carbocycles. The summed E-state index contributed by atoms with van der Waals surface area (Å²) in [5.74, 6) is 5.21. The van der Waals surface area contributed by atoms with Gasteiger partial charge in [-0.05, 0) is 24.3 Å². The van der Waals surface area contributed by atoms with Crippen molar-refractivity contribution >= 4 is 23.8 Å². The van der Waals surface area contributed by atoms with Crippen LogP contribution in [0.1, 0.15) is 0 Å². The second kappa shape index (κ2) is 4.85. The average Bonchev–Trinajstić information content (AvgIpc) is 2.05. The van der Waals surface area contributed by atoms with Gasteiger partial charge < -0.3 is 10.3 Å². The van der Waals surface area contributed by atoms with Gasteiger partial charge in [-0.3, -0.25) is 5.84 Å².